The van der Waals surface area contributed by atoms with Crippen molar-refractivity contribution in [3.05, 3.63) is 71.0 Å². The Labute approximate surface area is 155 Å². The smallest absolute Gasteiger partial charge is 0.109 e. The van der Waals surface area contributed by atoms with E-state index < -0.39 is 0 Å². The first kappa shape index (κ1) is 16.5. The van der Waals surface area contributed by atoms with E-state index in [0.29, 0.717) is 0 Å². The molecule has 0 atom stereocenters. The number of para-hydroxylation sites is 1. The molecular formula is C21H24ClN3. The van der Waals surface area contributed by atoms with Gasteiger partial charge in [0.05, 0.1) is 5.69 Å². The molecule has 2 aromatic rings. The molecule has 0 bridgehead atoms. The topological polar surface area (TPSA) is 9.72 Å². The predicted octanol–water partition coefficient (Wildman–Crippen LogP) is 4.51. The lowest BCUT2D eigenvalue weighted by atomic mass is 10.0. The van der Waals surface area contributed by atoms with Gasteiger partial charge in [0, 0.05) is 36.9 Å². The number of nitrogens with zero attached hydrogens (tertiary/aromatic N) is 3. The van der Waals surface area contributed by atoms with Crippen LogP contribution in [0.2, 0.25) is 5.02 Å². The number of fused-ring (bicyclic) bond motifs is 1. The number of hydrogen-bond acceptors (Lipinski definition) is 3. The number of likely N-dealkylation sites (N-methyl/N-ethyl adjacent to an activating group) is 1. The zero-order valence-electron chi connectivity index (χ0n) is 14.7. The number of halogens is 1. The molecule has 4 heteroatoms. The van der Waals surface area contributed by atoms with Crippen LogP contribution < -0.4 is 4.90 Å². The summed E-state index contributed by atoms with van der Waals surface area (Å²) in [7, 11) is 0. The minimum absolute atomic E-state index is 0.774. The van der Waals surface area contributed by atoms with Gasteiger partial charge < -0.3 is 9.80 Å². The maximum absolute atomic E-state index is 6.12. The molecule has 25 heavy (non-hydrogen) atoms. The highest BCUT2D eigenvalue weighted by Crippen LogP contribution is 2.38. The standard InChI is InChI=1S/C21H24ClN3/c1-2-23-13-15-24(16-14-23)21-12-7-17-5-3-4-6-20(17)25(21)19-10-8-18(22)9-11-19/h3-6,8-12H,2,7,13-16H2,1H3. The van der Waals surface area contributed by atoms with Gasteiger partial charge in [0.25, 0.3) is 0 Å². The maximum atomic E-state index is 6.12. The molecule has 2 aromatic carbocycles. The Balaban J connectivity index is 1.70. The van der Waals surface area contributed by atoms with Crippen LogP contribution >= 0.6 is 11.6 Å². The van der Waals surface area contributed by atoms with Gasteiger partial charge in [-0.25, -0.2) is 0 Å². The third kappa shape index (κ3) is 3.26. The summed E-state index contributed by atoms with van der Waals surface area (Å²) < 4.78 is 0. The number of hydrogen-bond donors (Lipinski definition) is 0. The van der Waals surface area contributed by atoms with Crippen LogP contribution in [0.4, 0.5) is 11.4 Å². The molecule has 0 amide bonds. The second-order valence-electron chi connectivity index (χ2n) is 6.63. The Morgan fingerprint density at radius 3 is 2.36 bits per heavy atom. The van der Waals surface area contributed by atoms with E-state index in [-0.39, 0.29) is 0 Å². The molecule has 1 fully saturated rings. The van der Waals surface area contributed by atoms with Gasteiger partial charge in [-0.3, -0.25) is 4.90 Å². The van der Waals surface area contributed by atoms with Crippen molar-refractivity contribution < 1.29 is 0 Å². The van der Waals surface area contributed by atoms with Gasteiger partial charge in [0.15, 0.2) is 0 Å². The summed E-state index contributed by atoms with van der Waals surface area (Å²) in [5, 5.41) is 0.774. The number of benzene rings is 2. The number of rotatable bonds is 3. The van der Waals surface area contributed by atoms with Gasteiger partial charge in [0.1, 0.15) is 5.82 Å². The minimum atomic E-state index is 0.774. The molecule has 0 spiro atoms. The molecule has 0 saturated carbocycles. The van der Waals surface area contributed by atoms with Gasteiger partial charge in [-0.1, -0.05) is 36.7 Å². The first-order valence-electron chi connectivity index (χ1n) is 9.07. The fourth-order valence-corrected chi connectivity index (χ4v) is 3.87. The summed E-state index contributed by atoms with van der Waals surface area (Å²) in [6.45, 7) is 7.79. The highest BCUT2D eigenvalue weighted by molar-refractivity contribution is 6.30. The zero-order valence-corrected chi connectivity index (χ0v) is 15.4. The van der Waals surface area contributed by atoms with Crippen molar-refractivity contribution in [3.63, 3.8) is 0 Å². The lowest BCUT2D eigenvalue weighted by Gasteiger charge is -2.43. The summed E-state index contributed by atoms with van der Waals surface area (Å²) in [6.07, 6.45) is 3.36. The quantitative estimate of drug-likeness (QED) is 0.803. The van der Waals surface area contributed by atoms with E-state index in [2.05, 4.69) is 64.1 Å². The molecule has 3 nitrogen and oxygen atoms in total. The number of allylic oxidation sites excluding steroid dienone is 1. The molecular weight excluding hydrogens is 330 g/mol. The van der Waals surface area contributed by atoms with Crippen LogP contribution in [0.25, 0.3) is 0 Å². The van der Waals surface area contributed by atoms with Gasteiger partial charge in [0.2, 0.25) is 0 Å². The fraction of sp³-hybridized carbons (Fsp3) is 0.333. The van der Waals surface area contributed by atoms with Gasteiger partial charge in [-0.2, -0.15) is 0 Å². The Hall–Kier alpha value is -1.97. The molecule has 0 unspecified atom stereocenters. The summed E-state index contributed by atoms with van der Waals surface area (Å²) >= 11 is 6.12. The van der Waals surface area contributed by atoms with Crippen LogP contribution in [0.1, 0.15) is 12.5 Å². The van der Waals surface area contributed by atoms with Gasteiger partial charge in [-0.15, -0.1) is 0 Å². The predicted molar refractivity (Wildman–Crippen MR) is 106 cm³/mol. The summed E-state index contributed by atoms with van der Waals surface area (Å²) in [6, 6.07) is 16.9. The van der Waals surface area contributed by atoms with Crippen LogP contribution in [-0.4, -0.2) is 42.5 Å². The molecule has 0 radical (unpaired) electrons. The van der Waals surface area contributed by atoms with Gasteiger partial charge >= 0.3 is 0 Å². The van der Waals surface area contributed by atoms with E-state index in [1.165, 1.54) is 22.8 Å². The van der Waals surface area contributed by atoms with E-state index in [4.69, 9.17) is 11.6 Å². The highest BCUT2D eigenvalue weighted by Gasteiger charge is 2.27. The average Bonchev–Trinajstić information content (AvgIpc) is 2.68. The van der Waals surface area contributed by atoms with E-state index in [9.17, 15) is 0 Å². The van der Waals surface area contributed by atoms with E-state index in [0.717, 1.165) is 44.2 Å². The monoisotopic (exact) mass is 353 g/mol. The van der Waals surface area contributed by atoms with Crippen LogP contribution in [-0.2, 0) is 6.42 Å². The number of anilines is 2. The normalized spacial score (nSPS) is 18.1. The molecule has 0 N–H and O–H groups in total. The lowest BCUT2D eigenvalue weighted by molar-refractivity contribution is 0.163. The second-order valence-corrected chi connectivity index (χ2v) is 7.06. The Kier molecular flexibility index (Phi) is 4.69. The Morgan fingerprint density at radius 1 is 0.920 bits per heavy atom. The van der Waals surface area contributed by atoms with Crippen LogP contribution in [0.3, 0.4) is 0 Å². The molecule has 0 aliphatic carbocycles. The molecule has 130 valence electrons. The van der Waals surface area contributed by atoms with E-state index >= 15 is 0 Å². The van der Waals surface area contributed by atoms with E-state index in [1.807, 2.05) is 12.1 Å². The van der Waals surface area contributed by atoms with Crippen molar-refractivity contribution in [2.75, 3.05) is 37.6 Å². The lowest BCUT2D eigenvalue weighted by Crippen LogP contribution is -2.48. The summed E-state index contributed by atoms with van der Waals surface area (Å²) in [4.78, 5) is 7.42. The minimum Gasteiger partial charge on any atom is -0.355 e. The Bertz CT molecular complexity index is 761. The Morgan fingerprint density at radius 2 is 1.64 bits per heavy atom. The highest BCUT2D eigenvalue weighted by atomic mass is 35.5. The van der Waals surface area contributed by atoms with Crippen molar-refractivity contribution in [1.29, 1.82) is 0 Å². The second kappa shape index (κ2) is 7.11. The first-order valence-corrected chi connectivity index (χ1v) is 9.45. The third-order valence-corrected chi connectivity index (χ3v) is 5.45. The largest absolute Gasteiger partial charge is 0.355 e. The zero-order chi connectivity index (χ0) is 17.2. The van der Waals surface area contributed by atoms with Crippen LogP contribution in [0.5, 0.6) is 0 Å². The summed E-state index contributed by atoms with van der Waals surface area (Å²) in [5.41, 5.74) is 3.81. The molecule has 0 aromatic heterocycles. The third-order valence-electron chi connectivity index (χ3n) is 5.19. The maximum Gasteiger partial charge on any atom is 0.109 e. The molecule has 2 aliphatic rings. The van der Waals surface area contributed by atoms with Crippen molar-refractivity contribution in [2.45, 2.75) is 13.3 Å². The SMILES string of the molecule is CCN1CCN(C2=CCc3ccccc3N2c2ccc(Cl)cc2)CC1. The molecule has 1 saturated heterocycles. The average molecular weight is 354 g/mol. The first-order chi connectivity index (χ1) is 12.3. The van der Waals surface area contributed by atoms with Crippen molar-refractivity contribution >= 4 is 23.0 Å². The van der Waals surface area contributed by atoms with Crippen LogP contribution in [0, 0.1) is 0 Å². The summed E-state index contributed by atoms with van der Waals surface area (Å²) in [5.74, 6) is 1.30. The van der Waals surface area contributed by atoms with Crippen LogP contribution in [0.15, 0.2) is 60.4 Å². The van der Waals surface area contributed by atoms with Crippen molar-refractivity contribution in [3.8, 4) is 0 Å². The fourth-order valence-electron chi connectivity index (χ4n) is 3.74. The van der Waals surface area contributed by atoms with Gasteiger partial charge in [-0.05, 0) is 54.9 Å². The van der Waals surface area contributed by atoms with Crippen molar-refractivity contribution in [1.82, 2.24) is 9.80 Å². The number of piperazine rings is 1. The molecule has 4 rings (SSSR count). The molecule has 2 heterocycles. The molecule has 2 aliphatic heterocycles. The van der Waals surface area contributed by atoms with E-state index in [1.54, 1.807) is 0 Å². The van der Waals surface area contributed by atoms with Crippen molar-refractivity contribution in [2.24, 2.45) is 0 Å².